The van der Waals surface area contributed by atoms with Gasteiger partial charge in [-0.1, -0.05) is 0 Å². The quantitative estimate of drug-likeness (QED) is 0.680. The van der Waals surface area contributed by atoms with Crippen molar-refractivity contribution in [2.24, 2.45) is 5.73 Å². The molecule has 1 rings (SSSR count). The molecular formula is C7H9F3N4O. The molecule has 1 aromatic rings. The third-order valence-corrected chi connectivity index (χ3v) is 1.59. The summed E-state index contributed by atoms with van der Waals surface area (Å²) in [7, 11) is 0. The largest absolute Gasteiger partial charge is 0.574 e. The molecule has 8 heteroatoms. The Morgan fingerprint density at radius 1 is 1.33 bits per heavy atom. The normalized spacial score (nSPS) is 11.5. The third kappa shape index (κ3) is 2.88. The number of ether oxygens (including phenoxy) is 1. The van der Waals surface area contributed by atoms with E-state index in [1.807, 2.05) is 0 Å². The molecule has 0 aliphatic heterocycles. The van der Waals surface area contributed by atoms with Crippen LogP contribution in [0, 0.1) is 0 Å². The molecule has 1 aromatic heterocycles. The average molecular weight is 222 g/mol. The molecular weight excluding hydrogens is 213 g/mol. The van der Waals surface area contributed by atoms with Gasteiger partial charge in [0.25, 0.3) is 0 Å². The molecule has 0 fully saturated rings. The summed E-state index contributed by atoms with van der Waals surface area (Å²) in [6, 6.07) is 0.923. The van der Waals surface area contributed by atoms with E-state index < -0.39 is 12.2 Å². The summed E-state index contributed by atoms with van der Waals surface area (Å²) < 4.78 is 39.0. The van der Waals surface area contributed by atoms with Gasteiger partial charge in [0.15, 0.2) is 0 Å². The van der Waals surface area contributed by atoms with Gasteiger partial charge in [0.2, 0.25) is 5.88 Å². The molecule has 0 saturated heterocycles. The number of nitrogen functional groups attached to an aromatic ring is 2. The van der Waals surface area contributed by atoms with E-state index in [1.165, 1.54) is 0 Å². The molecule has 0 spiro atoms. The van der Waals surface area contributed by atoms with Gasteiger partial charge in [-0.05, 0) is 0 Å². The van der Waals surface area contributed by atoms with E-state index >= 15 is 0 Å². The minimum atomic E-state index is -4.82. The fourth-order valence-corrected chi connectivity index (χ4v) is 0.980. The van der Waals surface area contributed by atoms with Crippen LogP contribution in [-0.2, 0) is 6.54 Å². The van der Waals surface area contributed by atoms with Crippen molar-refractivity contribution in [1.29, 1.82) is 0 Å². The summed E-state index contributed by atoms with van der Waals surface area (Å²) in [5, 5.41) is 0. The molecule has 1 heterocycles. The predicted molar refractivity (Wildman–Crippen MR) is 47.6 cm³/mol. The summed E-state index contributed by atoms with van der Waals surface area (Å²) in [6.45, 7) is -0.00301. The summed E-state index contributed by atoms with van der Waals surface area (Å²) >= 11 is 0. The van der Waals surface area contributed by atoms with Crippen molar-refractivity contribution in [3.8, 4) is 5.88 Å². The number of halogens is 3. The van der Waals surface area contributed by atoms with E-state index in [4.69, 9.17) is 17.2 Å². The van der Waals surface area contributed by atoms with E-state index in [2.05, 4.69) is 9.72 Å². The topological polar surface area (TPSA) is 100 Å². The maximum Gasteiger partial charge on any atom is 0.574 e. The number of rotatable bonds is 2. The van der Waals surface area contributed by atoms with E-state index in [9.17, 15) is 13.2 Å². The smallest absolute Gasteiger partial charge is 0.398 e. The molecule has 0 atom stereocenters. The van der Waals surface area contributed by atoms with Crippen molar-refractivity contribution in [3.63, 3.8) is 0 Å². The zero-order valence-electron chi connectivity index (χ0n) is 7.51. The SMILES string of the molecule is NCc1c(N)cc(OC(F)(F)F)nc1N. The lowest BCUT2D eigenvalue weighted by atomic mass is 10.2. The molecule has 84 valence electrons. The lowest BCUT2D eigenvalue weighted by Gasteiger charge is -2.11. The molecule has 6 N–H and O–H groups in total. The third-order valence-electron chi connectivity index (χ3n) is 1.59. The number of hydrogen-bond donors (Lipinski definition) is 3. The van der Waals surface area contributed by atoms with Crippen molar-refractivity contribution in [3.05, 3.63) is 11.6 Å². The van der Waals surface area contributed by atoms with Crippen molar-refractivity contribution in [1.82, 2.24) is 4.98 Å². The highest BCUT2D eigenvalue weighted by Crippen LogP contribution is 2.26. The summed E-state index contributed by atoms with van der Waals surface area (Å²) in [6.07, 6.45) is -4.82. The van der Waals surface area contributed by atoms with E-state index in [-0.39, 0.29) is 18.1 Å². The minimum absolute atomic E-state index is 0.00301. The highest BCUT2D eigenvalue weighted by molar-refractivity contribution is 5.59. The fourth-order valence-electron chi connectivity index (χ4n) is 0.980. The van der Waals surface area contributed by atoms with Crippen LogP contribution in [0.1, 0.15) is 5.56 Å². The van der Waals surface area contributed by atoms with Gasteiger partial charge in [0.05, 0.1) is 0 Å². The van der Waals surface area contributed by atoms with Gasteiger partial charge in [-0.25, -0.2) is 0 Å². The molecule has 0 unspecified atom stereocenters. The van der Waals surface area contributed by atoms with Crippen LogP contribution < -0.4 is 21.9 Å². The molecule has 5 nitrogen and oxygen atoms in total. The zero-order valence-corrected chi connectivity index (χ0v) is 7.51. The van der Waals surface area contributed by atoms with Crippen LogP contribution in [0.25, 0.3) is 0 Å². The van der Waals surface area contributed by atoms with Crippen molar-refractivity contribution >= 4 is 11.5 Å². The second kappa shape index (κ2) is 3.81. The average Bonchev–Trinajstić information content (AvgIpc) is 1.99. The Hall–Kier alpha value is -1.70. The number of alkyl halides is 3. The first-order valence-corrected chi connectivity index (χ1v) is 3.84. The predicted octanol–water partition coefficient (Wildman–Crippen LogP) is 0.603. The Morgan fingerprint density at radius 2 is 1.93 bits per heavy atom. The van der Waals surface area contributed by atoms with Crippen LogP contribution in [0.4, 0.5) is 24.7 Å². The van der Waals surface area contributed by atoms with Crippen LogP contribution in [0.15, 0.2) is 6.07 Å². The van der Waals surface area contributed by atoms with Crippen molar-refractivity contribution in [2.45, 2.75) is 12.9 Å². The lowest BCUT2D eigenvalue weighted by molar-refractivity contribution is -0.276. The Bertz CT molecular complexity index is 343. The highest BCUT2D eigenvalue weighted by atomic mass is 19.4. The van der Waals surface area contributed by atoms with E-state index in [0.29, 0.717) is 5.56 Å². The fraction of sp³-hybridized carbons (Fsp3) is 0.286. The Kier molecular flexibility index (Phi) is 2.89. The zero-order chi connectivity index (χ0) is 11.6. The Morgan fingerprint density at radius 3 is 2.33 bits per heavy atom. The van der Waals surface area contributed by atoms with Gasteiger partial charge >= 0.3 is 6.36 Å². The van der Waals surface area contributed by atoms with Crippen LogP contribution in [0.3, 0.4) is 0 Å². The van der Waals surface area contributed by atoms with Crippen LogP contribution in [0.5, 0.6) is 5.88 Å². The second-order valence-electron chi connectivity index (χ2n) is 2.67. The van der Waals surface area contributed by atoms with Gasteiger partial charge in [0.1, 0.15) is 5.82 Å². The van der Waals surface area contributed by atoms with Gasteiger partial charge in [-0.15, -0.1) is 13.2 Å². The van der Waals surface area contributed by atoms with Crippen LogP contribution in [0.2, 0.25) is 0 Å². The van der Waals surface area contributed by atoms with Gasteiger partial charge in [0, 0.05) is 23.9 Å². The first kappa shape index (κ1) is 11.4. The molecule has 15 heavy (non-hydrogen) atoms. The molecule has 0 radical (unpaired) electrons. The Labute approximate surface area is 83.0 Å². The number of anilines is 2. The Balaban J connectivity index is 3.04. The number of nitrogens with two attached hydrogens (primary N) is 3. The molecule has 0 aromatic carbocycles. The van der Waals surface area contributed by atoms with Crippen molar-refractivity contribution in [2.75, 3.05) is 11.5 Å². The van der Waals surface area contributed by atoms with E-state index in [0.717, 1.165) is 6.07 Å². The van der Waals surface area contributed by atoms with Crippen molar-refractivity contribution < 1.29 is 17.9 Å². The number of aromatic nitrogens is 1. The first-order chi connectivity index (χ1) is 6.83. The molecule has 0 amide bonds. The highest BCUT2D eigenvalue weighted by Gasteiger charge is 2.32. The molecule has 0 saturated carbocycles. The maximum atomic E-state index is 11.8. The standard InChI is InChI=1S/C7H9F3N4O/c8-7(9,10)15-5-1-4(12)3(2-11)6(13)14-5/h1H,2,11H2,(H4,12,13,14). The summed E-state index contributed by atoms with van der Waals surface area (Å²) in [5.41, 5.74) is 16.3. The van der Waals surface area contributed by atoms with Gasteiger partial charge < -0.3 is 21.9 Å². The monoisotopic (exact) mass is 222 g/mol. The second-order valence-corrected chi connectivity index (χ2v) is 2.67. The molecule has 0 aliphatic rings. The first-order valence-electron chi connectivity index (χ1n) is 3.84. The molecule has 0 bridgehead atoms. The number of pyridine rings is 1. The number of hydrogen-bond acceptors (Lipinski definition) is 5. The summed E-state index contributed by atoms with van der Waals surface area (Å²) in [4.78, 5) is 3.37. The summed E-state index contributed by atoms with van der Waals surface area (Å²) in [5.74, 6) is -0.869. The van der Waals surface area contributed by atoms with Gasteiger partial charge in [-0.3, -0.25) is 0 Å². The maximum absolute atomic E-state index is 11.8. The van der Waals surface area contributed by atoms with Crippen LogP contribution in [-0.4, -0.2) is 11.3 Å². The lowest BCUT2D eigenvalue weighted by Crippen LogP contribution is -2.19. The van der Waals surface area contributed by atoms with Gasteiger partial charge in [-0.2, -0.15) is 4.98 Å². The molecule has 0 aliphatic carbocycles. The van der Waals surface area contributed by atoms with Crippen LogP contribution >= 0.6 is 0 Å². The minimum Gasteiger partial charge on any atom is -0.398 e. The van der Waals surface area contributed by atoms with E-state index in [1.54, 1.807) is 0 Å². The number of nitrogens with zero attached hydrogens (tertiary/aromatic N) is 1.